The maximum Gasteiger partial charge on any atom is 0.159 e. The molecule has 2 rings (SSSR count). The van der Waals surface area contributed by atoms with Gasteiger partial charge in [0.15, 0.2) is 6.29 Å². The zero-order valence-electron chi connectivity index (χ0n) is 11.2. The number of hydrogen-bond donors (Lipinski definition) is 1. The zero-order valence-corrected chi connectivity index (χ0v) is 11.2. The first-order valence-electron chi connectivity index (χ1n) is 6.56. The van der Waals surface area contributed by atoms with E-state index in [0.29, 0.717) is 11.3 Å². The van der Waals surface area contributed by atoms with Crippen molar-refractivity contribution in [3.8, 4) is 0 Å². The molecule has 16 heavy (non-hydrogen) atoms. The number of nitrogens with one attached hydrogen (secondary N) is 1. The molecule has 1 saturated heterocycles. The summed E-state index contributed by atoms with van der Waals surface area (Å²) in [5.74, 6) is 0.628. The average Bonchev–Trinajstić information content (AvgIpc) is 2.32. The summed E-state index contributed by atoms with van der Waals surface area (Å²) in [7, 11) is 3.48. The van der Waals surface area contributed by atoms with Crippen LogP contribution in [0.2, 0.25) is 0 Å². The molecule has 1 aliphatic heterocycles. The minimum atomic E-state index is 0.0236. The molecular formula is C13H27NO2. The van der Waals surface area contributed by atoms with E-state index in [0.717, 1.165) is 0 Å². The summed E-state index contributed by atoms with van der Waals surface area (Å²) in [6.45, 7) is 6.38. The number of hydrogen-bond acceptors (Lipinski definition) is 3. The third-order valence-electron chi connectivity index (χ3n) is 3.90. The maximum absolute atomic E-state index is 5.30. The minimum Gasteiger partial charge on any atom is -0.356 e. The number of ether oxygens (including phenoxy) is 2. The van der Waals surface area contributed by atoms with E-state index in [-0.39, 0.29) is 6.29 Å². The molecule has 0 radical (unpaired) electrons. The fourth-order valence-electron chi connectivity index (χ4n) is 3.09. The Labute approximate surface area is 99.9 Å². The summed E-state index contributed by atoms with van der Waals surface area (Å²) in [6.07, 6.45) is 5.28. The smallest absolute Gasteiger partial charge is 0.159 e. The van der Waals surface area contributed by atoms with Gasteiger partial charge in [0, 0.05) is 20.1 Å². The van der Waals surface area contributed by atoms with Gasteiger partial charge in [-0.05, 0) is 44.2 Å². The Kier molecular flexibility index (Phi) is 5.73. The molecule has 0 amide bonds. The van der Waals surface area contributed by atoms with Crippen molar-refractivity contribution in [2.45, 2.75) is 45.8 Å². The van der Waals surface area contributed by atoms with Crippen molar-refractivity contribution in [2.24, 2.45) is 11.3 Å². The van der Waals surface area contributed by atoms with Crippen LogP contribution < -0.4 is 5.32 Å². The molecule has 1 heterocycles. The van der Waals surface area contributed by atoms with Gasteiger partial charge >= 0.3 is 0 Å². The summed E-state index contributed by atoms with van der Waals surface area (Å²) >= 11 is 0. The molecule has 1 spiro atoms. The van der Waals surface area contributed by atoms with Crippen LogP contribution in [0.1, 0.15) is 39.5 Å². The van der Waals surface area contributed by atoms with Crippen LogP contribution >= 0.6 is 0 Å². The lowest BCUT2D eigenvalue weighted by Gasteiger charge is -2.52. The van der Waals surface area contributed by atoms with Crippen molar-refractivity contribution >= 4 is 0 Å². The molecule has 3 heteroatoms. The van der Waals surface area contributed by atoms with Gasteiger partial charge in [-0.1, -0.05) is 13.8 Å². The Morgan fingerprint density at radius 1 is 1.06 bits per heavy atom. The van der Waals surface area contributed by atoms with E-state index >= 15 is 0 Å². The molecule has 1 saturated carbocycles. The molecule has 2 aliphatic rings. The molecule has 1 aliphatic carbocycles. The first-order chi connectivity index (χ1) is 7.79. The second kappa shape index (κ2) is 6.58. The highest BCUT2D eigenvalue weighted by molar-refractivity contribution is 4.97. The van der Waals surface area contributed by atoms with Gasteiger partial charge in [-0.2, -0.15) is 0 Å². The first kappa shape index (κ1) is 13.9. The molecular weight excluding hydrogens is 202 g/mol. The Balaban J connectivity index is 0.000000606. The zero-order chi connectivity index (χ0) is 12.0. The summed E-state index contributed by atoms with van der Waals surface area (Å²) in [5.41, 5.74) is 0.630. The summed E-state index contributed by atoms with van der Waals surface area (Å²) in [6, 6.07) is 0. The van der Waals surface area contributed by atoms with Crippen molar-refractivity contribution in [2.75, 3.05) is 27.3 Å². The van der Waals surface area contributed by atoms with E-state index in [9.17, 15) is 0 Å². The Bertz CT molecular complexity index is 178. The van der Waals surface area contributed by atoms with E-state index in [1.54, 1.807) is 14.2 Å². The van der Waals surface area contributed by atoms with Crippen molar-refractivity contribution < 1.29 is 9.47 Å². The van der Waals surface area contributed by atoms with Gasteiger partial charge in [0.05, 0.1) is 0 Å². The van der Waals surface area contributed by atoms with E-state index in [4.69, 9.17) is 9.47 Å². The quantitative estimate of drug-likeness (QED) is 0.754. The summed E-state index contributed by atoms with van der Waals surface area (Å²) < 4.78 is 10.6. The molecule has 0 unspecified atom stereocenters. The van der Waals surface area contributed by atoms with Gasteiger partial charge in [-0.25, -0.2) is 0 Å². The van der Waals surface area contributed by atoms with Crippen LogP contribution in [0.5, 0.6) is 0 Å². The largest absolute Gasteiger partial charge is 0.356 e. The highest BCUT2D eigenvalue weighted by Crippen LogP contribution is 2.53. The van der Waals surface area contributed by atoms with Gasteiger partial charge in [0.1, 0.15) is 0 Å². The van der Waals surface area contributed by atoms with Crippen molar-refractivity contribution in [1.82, 2.24) is 5.32 Å². The average molecular weight is 229 g/mol. The number of methoxy groups -OCH3 is 2. The lowest BCUT2D eigenvalue weighted by atomic mass is 9.57. The first-order valence-corrected chi connectivity index (χ1v) is 6.56. The van der Waals surface area contributed by atoms with Gasteiger partial charge in [-0.3, -0.25) is 0 Å². The van der Waals surface area contributed by atoms with Crippen LogP contribution in [0.15, 0.2) is 0 Å². The lowest BCUT2D eigenvalue weighted by Crippen LogP contribution is -2.49. The minimum absolute atomic E-state index is 0.0236. The molecule has 96 valence electrons. The molecule has 2 fully saturated rings. The van der Waals surface area contributed by atoms with Crippen LogP contribution in [0.25, 0.3) is 0 Å². The van der Waals surface area contributed by atoms with Crippen LogP contribution in [0, 0.1) is 11.3 Å². The Hall–Kier alpha value is -0.120. The molecule has 1 N–H and O–H groups in total. The fraction of sp³-hybridized carbons (Fsp3) is 1.00. The molecule has 0 bridgehead atoms. The normalized spacial score (nSPS) is 23.8. The molecule has 0 aromatic rings. The Morgan fingerprint density at radius 3 is 2.00 bits per heavy atom. The summed E-state index contributed by atoms with van der Waals surface area (Å²) in [5, 5.41) is 3.42. The predicted molar refractivity (Wildman–Crippen MR) is 66.4 cm³/mol. The summed E-state index contributed by atoms with van der Waals surface area (Å²) in [4.78, 5) is 0. The number of rotatable bonds is 3. The maximum atomic E-state index is 5.30. The third kappa shape index (κ3) is 2.96. The highest BCUT2D eigenvalue weighted by Gasteiger charge is 2.47. The lowest BCUT2D eigenvalue weighted by molar-refractivity contribution is -0.184. The molecule has 0 aromatic heterocycles. The van der Waals surface area contributed by atoms with Gasteiger partial charge in [0.2, 0.25) is 0 Å². The molecule has 0 atom stereocenters. The third-order valence-corrected chi connectivity index (χ3v) is 3.90. The topological polar surface area (TPSA) is 30.5 Å². The van der Waals surface area contributed by atoms with E-state index < -0.39 is 0 Å². The van der Waals surface area contributed by atoms with Crippen molar-refractivity contribution in [3.05, 3.63) is 0 Å². The van der Waals surface area contributed by atoms with Crippen LogP contribution in [0.4, 0.5) is 0 Å². The van der Waals surface area contributed by atoms with Crippen LogP contribution in [0.3, 0.4) is 0 Å². The standard InChI is InChI=1S/C11H21NO2.C2H6/c1-13-10(14-2)9-7-11(8-9)3-5-12-6-4-11;1-2/h9-10,12H,3-8H2,1-2H3;1-2H3. The van der Waals surface area contributed by atoms with Crippen molar-refractivity contribution in [1.29, 1.82) is 0 Å². The van der Waals surface area contributed by atoms with Crippen LogP contribution in [-0.2, 0) is 9.47 Å². The highest BCUT2D eigenvalue weighted by atomic mass is 16.7. The monoisotopic (exact) mass is 229 g/mol. The van der Waals surface area contributed by atoms with Gasteiger partial charge < -0.3 is 14.8 Å². The second-order valence-electron chi connectivity index (χ2n) is 4.76. The van der Waals surface area contributed by atoms with E-state index in [1.165, 1.54) is 38.8 Å². The SMILES string of the molecule is CC.COC(OC)C1CC2(CCNCC2)C1. The van der Waals surface area contributed by atoms with E-state index in [2.05, 4.69) is 5.32 Å². The molecule has 3 nitrogen and oxygen atoms in total. The van der Waals surface area contributed by atoms with Gasteiger partial charge in [0.25, 0.3) is 0 Å². The van der Waals surface area contributed by atoms with E-state index in [1.807, 2.05) is 13.8 Å². The Morgan fingerprint density at radius 2 is 1.56 bits per heavy atom. The second-order valence-corrected chi connectivity index (χ2v) is 4.76. The van der Waals surface area contributed by atoms with Crippen LogP contribution in [-0.4, -0.2) is 33.6 Å². The number of piperidine rings is 1. The van der Waals surface area contributed by atoms with Gasteiger partial charge in [-0.15, -0.1) is 0 Å². The van der Waals surface area contributed by atoms with Crippen molar-refractivity contribution in [3.63, 3.8) is 0 Å². The predicted octanol–water partition coefficient (Wildman–Crippen LogP) is 2.41. The fourth-order valence-corrected chi connectivity index (χ4v) is 3.09. The molecule has 0 aromatic carbocycles.